The molecule has 198 valence electrons. The van der Waals surface area contributed by atoms with Crippen LogP contribution in [0.25, 0.3) is 0 Å². The predicted molar refractivity (Wildman–Crippen MR) is 144 cm³/mol. The molecule has 4 rings (SSSR count). The highest BCUT2D eigenvalue weighted by molar-refractivity contribution is 5.37. The number of rotatable bonds is 0. The van der Waals surface area contributed by atoms with E-state index in [2.05, 4.69) is 129 Å². The van der Waals surface area contributed by atoms with Gasteiger partial charge in [-0.25, -0.2) is 0 Å². The number of hydrogen-bond acceptors (Lipinski definition) is 5. The first-order chi connectivity index (χ1) is 15.4. The Morgan fingerprint density at radius 2 is 0.714 bits per heavy atom. The summed E-state index contributed by atoms with van der Waals surface area (Å²) in [5.74, 6) is 0. The Balaban J connectivity index is 0.000000196. The van der Waals surface area contributed by atoms with Crippen molar-refractivity contribution in [3.05, 3.63) is 22.8 Å². The first kappa shape index (κ1) is 27.8. The van der Waals surface area contributed by atoms with Crippen LogP contribution in [0.2, 0.25) is 0 Å². The predicted octanol–water partition coefficient (Wildman–Crippen LogP) is 5.49. The summed E-state index contributed by atoms with van der Waals surface area (Å²) >= 11 is 0. The van der Waals surface area contributed by atoms with Crippen molar-refractivity contribution in [2.45, 2.75) is 124 Å². The highest BCUT2D eigenvalue weighted by Gasteiger charge is 2.62. The van der Waals surface area contributed by atoms with Crippen LogP contribution in [0.5, 0.6) is 0 Å². The van der Waals surface area contributed by atoms with Crippen LogP contribution in [-0.4, -0.2) is 47.5 Å². The highest BCUT2D eigenvalue weighted by atomic mass is 15.5. The van der Waals surface area contributed by atoms with Crippen LogP contribution in [0.1, 0.15) is 120 Å². The Morgan fingerprint density at radius 3 is 1.06 bits per heavy atom. The number of nitrogens with zero attached hydrogens (tertiary/aromatic N) is 7. The Kier molecular flexibility index (Phi) is 5.88. The zero-order chi connectivity index (χ0) is 27.4. The smallest absolute Gasteiger partial charge is 0.106 e. The van der Waals surface area contributed by atoms with Crippen molar-refractivity contribution < 1.29 is 0 Å². The molecule has 7 nitrogen and oxygen atoms in total. The number of aryl methyl sites for hydroxylation is 2. The SMILES string of the molecule is CN1C(C)(C)c2nn(C)nc2C(C)(C)C1(C)C.Cn1nc2c(n1)C(C)(C)C(C)(C)C(C)(C)C2(C)C. The summed E-state index contributed by atoms with van der Waals surface area (Å²) in [5, 5.41) is 18.5. The topological polar surface area (TPSA) is 64.7 Å². The maximum atomic E-state index is 4.67. The fourth-order valence-corrected chi connectivity index (χ4v) is 6.21. The van der Waals surface area contributed by atoms with Crippen molar-refractivity contribution >= 4 is 0 Å². The molecule has 0 amide bonds. The summed E-state index contributed by atoms with van der Waals surface area (Å²) in [6, 6.07) is 0. The molecule has 0 radical (unpaired) electrons. The van der Waals surface area contributed by atoms with Crippen molar-refractivity contribution in [3.63, 3.8) is 0 Å². The average Bonchev–Trinajstić information content (AvgIpc) is 3.30. The van der Waals surface area contributed by atoms with E-state index in [1.54, 1.807) is 9.59 Å². The van der Waals surface area contributed by atoms with Gasteiger partial charge in [0.15, 0.2) is 0 Å². The third-order valence-electron chi connectivity index (χ3n) is 11.7. The minimum atomic E-state index is -0.0807. The summed E-state index contributed by atoms with van der Waals surface area (Å²) in [6.07, 6.45) is 0. The second-order valence-electron chi connectivity index (χ2n) is 14.6. The molecule has 0 N–H and O–H groups in total. The zero-order valence-corrected chi connectivity index (χ0v) is 25.6. The van der Waals surface area contributed by atoms with Crippen molar-refractivity contribution in [1.29, 1.82) is 0 Å². The summed E-state index contributed by atoms with van der Waals surface area (Å²) < 4.78 is 0. The Labute approximate surface area is 214 Å². The second kappa shape index (κ2) is 7.39. The molecule has 0 spiro atoms. The normalized spacial score (nSPS) is 26.2. The minimum Gasteiger partial charge on any atom is -0.289 e. The van der Waals surface area contributed by atoms with Gasteiger partial charge in [0.2, 0.25) is 0 Å². The van der Waals surface area contributed by atoms with Gasteiger partial charge in [0, 0.05) is 35.9 Å². The molecule has 0 saturated carbocycles. The third kappa shape index (κ3) is 3.32. The minimum absolute atomic E-state index is 0.0130. The van der Waals surface area contributed by atoms with Crippen molar-refractivity contribution in [1.82, 2.24) is 34.9 Å². The summed E-state index contributed by atoms with van der Waals surface area (Å²) in [4.78, 5) is 5.84. The van der Waals surface area contributed by atoms with Crippen LogP contribution in [0.4, 0.5) is 0 Å². The maximum Gasteiger partial charge on any atom is 0.106 e. The fourth-order valence-electron chi connectivity index (χ4n) is 6.21. The summed E-state index contributed by atoms with van der Waals surface area (Å²) in [6.45, 7) is 32.2. The van der Waals surface area contributed by atoms with E-state index in [1.165, 1.54) is 11.4 Å². The van der Waals surface area contributed by atoms with Crippen LogP contribution >= 0.6 is 0 Å². The zero-order valence-electron chi connectivity index (χ0n) is 25.6. The molecular weight excluding hydrogens is 434 g/mol. The van der Waals surface area contributed by atoms with Crippen LogP contribution in [0, 0.1) is 10.8 Å². The van der Waals surface area contributed by atoms with Gasteiger partial charge in [0.05, 0.1) is 22.6 Å². The molecule has 1 aliphatic heterocycles. The van der Waals surface area contributed by atoms with Gasteiger partial charge in [-0.1, -0.05) is 69.2 Å². The van der Waals surface area contributed by atoms with E-state index < -0.39 is 0 Å². The number of fused-ring (bicyclic) bond motifs is 2. The van der Waals surface area contributed by atoms with Crippen LogP contribution in [0.15, 0.2) is 0 Å². The van der Waals surface area contributed by atoms with Gasteiger partial charge < -0.3 is 0 Å². The molecule has 2 aromatic rings. The maximum absolute atomic E-state index is 4.67. The van der Waals surface area contributed by atoms with E-state index in [1.807, 2.05) is 14.1 Å². The molecule has 0 fully saturated rings. The van der Waals surface area contributed by atoms with Crippen molar-refractivity contribution in [2.75, 3.05) is 7.05 Å². The third-order valence-corrected chi connectivity index (χ3v) is 11.7. The monoisotopic (exact) mass is 485 g/mol. The van der Waals surface area contributed by atoms with Crippen LogP contribution < -0.4 is 0 Å². The lowest BCUT2D eigenvalue weighted by molar-refractivity contribution is -0.0473. The average molecular weight is 486 g/mol. The second-order valence-corrected chi connectivity index (χ2v) is 14.6. The van der Waals surface area contributed by atoms with Crippen LogP contribution in [-0.2, 0) is 35.9 Å². The van der Waals surface area contributed by atoms with Gasteiger partial charge >= 0.3 is 0 Å². The number of likely N-dealkylation sites (N-methyl/N-ethyl adjacent to an activating group) is 1. The summed E-state index contributed by atoms with van der Waals surface area (Å²) in [7, 11) is 6.00. The first-order valence-electron chi connectivity index (χ1n) is 13.0. The van der Waals surface area contributed by atoms with E-state index in [-0.39, 0.29) is 38.2 Å². The van der Waals surface area contributed by atoms with Gasteiger partial charge in [-0.15, -0.1) is 0 Å². The van der Waals surface area contributed by atoms with E-state index >= 15 is 0 Å². The molecule has 2 aromatic heterocycles. The molecule has 0 aromatic carbocycles. The lowest BCUT2D eigenvalue weighted by Crippen LogP contribution is -2.64. The molecule has 35 heavy (non-hydrogen) atoms. The van der Waals surface area contributed by atoms with Gasteiger partial charge in [-0.2, -0.15) is 30.0 Å². The van der Waals surface area contributed by atoms with Gasteiger partial charge in [0.25, 0.3) is 0 Å². The number of hydrogen-bond donors (Lipinski definition) is 0. The molecular formula is C28H51N7. The molecule has 0 bridgehead atoms. The van der Waals surface area contributed by atoms with E-state index in [0.717, 1.165) is 11.4 Å². The quantitative estimate of drug-likeness (QED) is 0.494. The van der Waals surface area contributed by atoms with Gasteiger partial charge in [-0.3, -0.25) is 4.90 Å². The van der Waals surface area contributed by atoms with E-state index in [9.17, 15) is 0 Å². The largest absolute Gasteiger partial charge is 0.289 e. The molecule has 0 atom stereocenters. The molecule has 0 saturated heterocycles. The van der Waals surface area contributed by atoms with Gasteiger partial charge in [0.1, 0.15) is 5.69 Å². The lowest BCUT2D eigenvalue weighted by atomic mass is 9.42. The molecule has 7 heteroatoms. The molecule has 2 aliphatic rings. The molecule has 1 aliphatic carbocycles. The summed E-state index contributed by atoms with van der Waals surface area (Å²) in [5.41, 5.74) is 4.85. The highest BCUT2D eigenvalue weighted by Crippen LogP contribution is 2.64. The Hall–Kier alpha value is -1.76. The molecule has 3 heterocycles. The van der Waals surface area contributed by atoms with Crippen molar-refractivity contribution in [3.8, 4) is 0 Å². The fraction of sp³-hybridized carbons (Fsp3) is 0.857. The van der Waals surface area contributed by atoms with Crippen LogP contribution in [0.3, 0.4) is 0 Å². The lowest BCUT2D eigenvalue weighted by Gasteiger charge is -2.61. The van der Waals surface area contributed by atoms with E-state index in [0.29, 0.717) is 0 Å². The number of aromatic nitrogens is 6. The van der Waals surface area contributed by atoms with Gasteiger partial charge in [-0.05, 0) is 45.6 Å². The first-order valence-corrected chi connectivity index (χ1v) is 13.0. The van der Waals surface area contributed by atoms with Crippen molar-refractivity contribution in [2.24, 2.45) is 24.9 Å². The Bertz CT molecular complexity index is 1080. The van der Waals surface area contributed by atoms with E-state index in [4.69, 9.17) is 0 Å². The standard InChI is InChI=1S/C15H27N3.C13H24N4/c1-12(2)10-11(17-18(9)16-10)13(3,4)15(7,8)14(12,5)6;1-11(2)9-10(15-17(8)14-9)12(3,4)16(7)13(11,5)6/h1-9H3;1-8H3. The Morgan fingerprint density at radius 1 is 0.429 bits per heavy atom. The molecule has 0 unspecified atom stereocenters.